The van der Waals surface area contributed by atoms with Gasteiger partial charge in [0.15, 0.2) is 0 Å². The normalized spacial score (nSPS) is 12.8. The average molecular weight is 467 g/mol. The van der Waals surface area contributed by atoms with Crippen LogP contribution in [0, 0.1) is 0 Å². The maximum atomic E-state index is 2.42. The van der Waals surface area contributed by atoms with Crippen molar-refractivity contribution in [2.75, 3.05) is 0 Å². The molecule has 0 aliphatic heterocycles. The summed E-state index contributed by atoms with van der Waals surface area (Å²) in [6.07, 6.45) is 1.00. The highest BCUT2D eigenvalue weighted by atomic mass is 14.2. The van der Waals surface area contributed by atoms with Gasteiger partial charge >= 0.3 is 0 Å². The van der Waals surface area contributed by atoms with E-state index in [-0.39, 0.29) is 0 Å². The lowest BCUT2D eigenvalue weighted by molar-refractivity contribution is 1.28. The Morgan fingerprint density at radius 3 is 0.892 bits per heavy atom. The average Bonchev–Trinajstić information content (AvgIpc) is 3.26. The van der Waals surface area contributed by atoms with Gasteiger partial charge in [0, 0.05) is 0 Å². The summed E-state index contributed by atoms with van der Waals surface area (Å²) in [6.45, 7) is 0. The number of fused-ring (bicyclic) bond motifs is 9. The van der Waals surface area contributed by atoms with Crippen LogP contribution in [-0.4, -0.2) is 0 Å². The maximum absolute atomic E-state index is 2.42. The molecular formula is C37H22. The Hall–Kier alpha value is -4.68. The molecule has 0 heterocycles. The van der Waals surface area contributed by atoms with E-state index < -0.39 is 0 Å². The molecule has 0 aromatic heterocycles. The van der Waals surface area contributed by atoms with E-state index in [4.69, 9.17) is 0 Å². The first kappa shape index (κ1) is 19.5. The molecule has 0 unspecified atom stereocenters. The van der Waals surface area contributed by atoms with Crippen LogP contribution in [0.1, 0.15) is 11.1 Å². The molecule has 0 fully saturated rings. The quantitative estimate of drug-likeness (QED) is 0.195. The van der Waals surface area contributed by atoms with E-state index in [9.17, 15) is 0 Å². The van der Waals surface area contributed by atoms with Crippen molar-refractivity contribution in [3.63, 3.8) is 0 Å². The lowest BCUT2D eigenvalue weighted by Crippen LogP contribution is -1.83. The van der Waals surface area contributed by atoms with Crippen molar-refractivity contribution in [2.45, 2.75) is 6.42 Å². The second-order valence-corrected chi connectivity index (χ2v) is 10.7. The number of hydrogen-bond acceptors (Lipinski definition) is 0. The van der Waals surface area contributed by atoms with Gasteiger partial charge in [-0.15, -0.1) is 0 Å². The van der Waals surface area contributed by atoms with Crippen molar-refractivity contribution in [3.8, 4) is 11.1 Å². The molecule has 170 valence electrons. The van der Waals surface area contributed by atoms with Gasteiger partial charge in [0.05, 0.1) is 0 Å². The van der Waals surface area contributed by atoms with Crippen LogP contribution in [0.2, 0.25) is 0 Å². The van der Waals surface area contributed by atoms with Gasteiger partial charge in [0.25, 0.3) is 0 Å². The van der Waals surface area contributed by atoms with E-state index in [0.717, 1.165) is 6.42 Å². The Balaban J connectivity index is 1.25. The van der Waals surface area contributed by atoms with Crippen molar-refractivity contribution in [1.82, 2.24) is 0 Å². The predicted octanol–water partition coefficient (Wildman–Crippen LogP) is 10.2. The van der Waals surface area contributed by atoms with Crippen LogP contribution in [0.15, 0.2) is 121 Å². The molecule has 0 atom stereocenters. The molecule has 1 aliphatic rings. The summed E-state index contributed by atoms with van der Waals surface area (Å²) in [5.41, 5.74) is 5.66. The van der Waals surface area contributed by atoms with Gasteiger partial charge in [-0.2, -0.15) is 0 Å². The van der Waals surface area contributed by atoms with Gasteiger partial charge in [0.1, 0.15) is 0 Å². The second kappa shape index (κ2) is 6.96. The first-order valence-electron chi connectivity index (χ1n) is 13.0. The van der Waals surface area contributed by atoms with Gasteiger partial charge in [-0.25, -0.2) is 0 Å². The summed E-state index contributed by atoms with van der Waals surface area (Å²) in [4.78, 5) is 0. The molecule has 0 heteroatoms. The lowest BCUT2D eigenvalue weighted by Gasteiger charge is -2.09. The minimum atomic E-state index is 1.00. The van der Waals surface area contributed by atoms with E-state index in [1.807, 2.05) is 0 Å². The van der Waals surface area contributed by atoms with Crippen molar-refractivity contribution in [3.05, 3.63) is 132 Å². The standard InChI is InChI=1S/C37H22/c1-3-7-24-11-28-15-32-20-36-34(17-30(32)13-26(28)9-22(24)5-1)19-35-18-31-14-27-10-23-6-2-4-8-25(23)12-29(27)16-33(31)21-37(35)36/h1-18,20-21H,19H2. The zero-order valence-electron chi connectivity index (χ0n) is 20.3. The first-order valence-corrected chi connectivity index (χ1v) is 13.0. The third-order valence-electron chi connectivity index (χ3n) is 8.44. The molecule has 37 heavy (non-hydrogen) atoms. The van der Waals surface area contributed by atoms with Crippen LogP contribution in [-0.2, 0) is 6.42 Å². The summed E-state index contributed by atoms with van der Waals surface area (Å²) in [7, 11) is 0. The van der Waals surface area contributed by atoms with Crippen LogP contribution in [0.3, 0.4) is 0 Å². The highest BCUT2D eigenvalue weighted by Crippen LogP contribution is 2.42. The molecule has 8 aromatic carbocycles. The SMILES string of the molecule is c1ccc2cc3cc4cc5c(cc4cc3cc2c1)Cc1cc2cc3cc4ccccc4cc3cc2cc1-5. The summed E-state index contributed by atoms with van der Waals surface area (Å²) in [6, 6.07) is 45.8. The van der Waals surface area contributed by atoms with Gasteiger partial charge in [-0.3, -0.25) is 0 Å². The van der Waals surface area contributed by atoms with E-state index in [0.29, 0.717) is 0 Å². The molecule has 0 saturated heterocycles. The van der Waals surface area contributed by atoms with Gasteiger partial charge in [-0.1, -0.05) is 60.7 Å². The highest BCUT2D eigenvalue weighted by Gasteiger charge is 2.20. The van der Waals surface area contributed by atoms with Crippen LogP contribution >= 0.6 is 0 Å². The minimum Gasteiger partial charge on any atom is -0.0616 e. The third-order valence-corrected chi connectivity index (χ3v) is 8.44. The third kappa shape index (κ3) is 2.84. The van der Waals surface area contributed by atoms with Crippen molar-refractivity contribution in [2.24, 2.45) is 0 Å². The maximum Gasteiger partial charge on any atom is -0.00130 e. The fourth-order valence-corrected chi connectivity index (χ4v) is 6.58. The van der Waals surface area contributed by atoms with Gasteiger partial charge < -0.3 is 0 Å². The summed E-state index contributed by atoms with van der Waals surface area (Å²) < 4.78 is 0. The van der Waals surface area contributed by atoms with Crippen molar-refractivity contribution in [1.29, 1.82) is 0 Å². The minimum absolute atomic E-state index is 1.00. The molecule has 0 N–H and O–H groups in total. The molecule has 1 aliphatic carbocycles. The summed E-state index contributed by atoms with van der Waals surface area (Å²) >= 11 is 0. The highest BCUT2D eigenvalue weighted by molar-refractivity contribution is 6.08. The molecule has 8 aromatic rings. The Bertz CT molecular complexity index is 2100. The van der Waals surface area contributed by atoms with E-state index in [1.165, 1.54) is 86.9 Å². The fraction of sp³-hybridized carbons (Fsp3) is 0.0270. The van der Waals surface area contributed by atoms with Crippen LogP contribution in [0.25, 0.3) is 75.8 Å². The Labute approximate surface area is 214 Å². The zero-order valence-corrected chi connectivity index (χ0v) is 20.3. The first-order chi connectivity index (χ1) is 18.2. The number of benzene rings is 8. The Morgan fingerprint density at radius 1 is 0.270 bits per heavy atom. The molecule has 0 bridgehead atoms. The van der Waals surface area contributed by atoms with E-state index in [1.54, 1.807) is 0 Å². The molecule has 0 spiro atoms. The Morgan fingerprint density at radius 2 is 0.541 bits per heavy atom. The van der Waals surface area contributed by atoms with Crippen LogP contribution in [0.5, 0.6) is 0 Å². The summed E-state index contributed by atoms with van der Waals surface area (Å²) in [5, 5.41) is 15.7. The molecular weight excluding hydrogens is 444 g/mol. The van der Waals surface area contributed by atoms with Gasteiger partial charge in [-0.05, 0) is 154 Å². The number of hydrogen-bond donors (Lipinski definition) is 0. The zero-order chi connectivity index (χ0) is 24.1. The fourth-order valence-electron chi connectivity index (χ4n) is 6.58. The number of rotatable bonds is 0. The van der Waals surface area contributed by atoms with E-state index in [2.05, 4.69) is 121 Å². The predicted molar refractivity (Wildman–Crippen MR) is 160 cm³/mol. The Kier molecular flexibility index (Phi) is 3.67. The molecule has 0 radical (unpaired) electrons. The van der Waals surface area contributed by atoms with Crippen LogP contribution in [0.4, 0.5) is 0 Å². The second-order valence-electron chi connectivity index (χ2n) is 10.7. The topological polar surface area (TPSA) is 0 Å². The van der Waals surface area contributed by atoms with Crippen molar-refractivity contribution >= 4 is 64.6 Å². The molecule has 9 rings (SSSR count). The molecule has 0 saturated carbocycles. The van der Waals surface area contributed by atoms with E-state index >= 15 is 0 Å². The summed E-state index contributed by atoms with van der Waals surface area (Å²) in [5.74, 6) is 0. The molecule has 0 nitrogen and oxygen atoms in total. The largest absolute Gasteiger partial charge is 0.0616 e. The lowest BCUT2D eigenvalue weighted by atomic mass is 9.95. The van der Waals surface area contributed by atoms with Crippen LogP contribution < -0.4 is 0 Å². The monoisotopic (exact) mass is 466 g/mol. The smallest absolute Gasteiger partial charge is 0.00130 e. The molecule has 0 amide bonds. The van der Waals surface area contributed by atoms with Crippen molar-refractivity contribution < 1.29 is 0 Å². The van der Waals surface area contributed by atoms with Gasteiger partial charge in [0.2, 0.25) is 0 Å².